The molecule has 3 aromatic rings. The van der Waals surface area contributed by atoms with E-state index in [4.69, 9.17) is 9.47 Å². The van der Waals surface area contributed by atoms with Crippen LogP contribution in [0.25, 0.3) is 0 Å². The van der Waals surface area contributed by atoms with Gasteiger partial charge in [0.15, 0.2) is 0 Å². The number of hydrogen-bond acceptors (Lipinski definition) is 4. The van der Waals surface area contributed by atoms with Gasteiger partial charge in [-0.25, -0.2) is 0 Å². The van der Waals surface area contributed by atoms with Crippen LogP contribution in [0.1, 0.15) is 61.3 Å². The zero-order valence-electron chi connectivity index (χ0n) is 19.8. The predicted molar refractivity (Wildman–Crippen MR) is 131 cm³/mol. The van der Waals surface area contributed by atoms with Gasteiger partial charge in [-0.3, -0.25) is 9.48 Å². The first-order chi connectivity index (χ1) is 16.6. The Hall–Kier alpha value is -3.28. The molecule has 1 aliphatic heterocycles. The number of ether oxygens (including phenoxy) is 2. The number of benzene rings is 2. The molecule has 0 radical (unpaired) electrons. The molecule has 0 spiro atoms. The lowest BCUT2D eigenvalue weighted by atomic mass is 9.92. The fraction of sp³-hybridized carbons (Fsp3) is 0.429. The molecule has 1 aromatic heterocycles. The Bertz CT molecular complexity index is 1100. The van der Waals surface area contributed by atoms with Crippen LogP contribution in [0, 0.1) is 6.92 Å². The Morgan fingerprint density at radius 3 is 2.76 bits per heavy atom. The number of carbonyl (C=O) groups excluding carboxylic acids is 1. The van der Waals surface area contributed by atoms with E-state index in [2.05, 4.69) is 53.7 Å². The molecule has 0 bridgehead atoms. The second-order valence-corrected chi connectivity index (χ2v) is 9.45. The third kappa shape index (κ3) is 5.44. The van der Waals surface area contributed by atoms with E-state index in [0.29, 0.717) is 13.0 Å². The summed E-state index contributed by atoms with van der Waals surface area (Å²) in [4.78, 5) is 12.3. The quantitative estimate of drug-likeness (QED) is 0.530. The van der Waals surface area contributed by atoms with Crippen molar-refractivity contribution in [2.24, 2.45) is 0 Å². The van der Waals surface area contributed by atoms with E-state index in [-0.39, 0.29) is 24.2 Å². The molecule has 178 valence electrons. The highest BCUT2D eigenvalue weighted by Gasteiger charge is 2.26. The second kappa shape index (κ2) is 10.3. The van der Waals surface area contributed by atoms with E-state index in [0.717, 1.165) is 50.0 Å². The normalized spacial score (nSPS) is 21.9. The minimum Gasteiger partial charge on any atom is -0.490 e. The topological polar surface area (TPSA) is 65.4 Å². The van der Waals surface area contributed by atoms with Gasteiger partial charge in [0.05, 0.1) is 6.10 Å². The Morgan fingerprint density at radius 2 is 1.97 bits per heavy atom. The van der Waals surface area contributed by atoms with Crippen LogP contribution in [-0.2, 0) is 17.8 Å². The standard InChI is InChI=1S/C28H33N3O3/c1-20-5-2-3-6-25(20)27-13-7-21-19-24(12-14-26(21)34-27)33-23-10-8-22(9-11-23)30-28(32)15-18-31-17-4-16-29-31/h2-6,12,14,16-17,19,22-23,27H,7-11,13,15,18H2,1H3,(H,30,32). The molecule has 1 fully saturated rings. The summed E-state index contributed by atoms with van der Waals surface area (Å²) >= 11 is 0. The van der Waals surface area contributed by atoms with Crippen molar-refractivity contribution >= 4 is 5.91 Å². The first-order valence-electron chi connectivity index (χ1n) is 12.4. The number of fused-ring (bicyclic) bond motifs is 1. The molecule has 34 heavy (non-hydrogen) atoms. The zero-order valence-corrected chi connectivity index (χ0v) is 19.8. The molecule has 1 aliphatic carbocycles. The number of hydrogen-bond donors (Lipinski definition) is 1. The van der Waals surface area contributed by atoms with Crippen LogP contribution in [0.2, 0.25) is 0 Å². The van der Waals surface area contributed by atoms with Crippen LogP contribution < -0.4 is 14.8 Å². The van der Waals surface area contributed by atoms with Crippen molar-refractivity contribution in [2.45, 2.75) is 76.7 Å². The van der Waals surface area contributed by atoms with Gasteiger partial charge in [-0.1, -0.05) is 24.3 Å². The molecular formula is C28H33N3O3. The van der Waals surface area contributed by atoms with E-state index < -0.39 is 0 Å². The first-order valence-corrected chi connectivity index (χ1v) is 12.4. The van der Waals surface area contributed by atoms with E-state index in [1.165, 1.54) is 16.7 Å². The molecule has 6 nitrogen and oxygen atoms in total. The van der Waals surface area contributed by atoms with Crippen LogP contribution in [0.4, 0.5) is 0 Å². The van der Waals surface area contributed by atoms with Gasteiger partial charge in [0.25, 0.3) is 0 Å². The average molecular weight is 460 g/mol. The van der Waals surface area contributed by atoms with Gasteiger partial charge < -0.3 is 14.8 Å². The van der Waals surface area contributed by atoms with E-state index >= 15 is 0 Å². The van der Waals surface area contributed by atoms with Gasteiger partial charge in [0, 0.05) is 31.4 Å². The Labute approximate surface area is 201 Å². The molecule has 2 heterocycles. The zero-order chi connectivity index (χ0) is 23.3. The minimum absolute atomic E-state index is 0.0959. The average Bonchev–Trinajstić information content (AvgIpc) is 3.38. The highest BCUT2D eigenvalue weighted by Crippen LogP contribution is 2.38. The molecule has 6 heteroatoms. The van der Waals surface area contributed by atoms with Gasteiger partial charge in [-0.05, 0) is 86.4 Å². The Balaban J connectivity index is 1.09. The van der Waals surface area contributed by atoms with Gasteiger partial charge in [0.1, 0.15) is 17.6 Å². The maximum atomic E-state index is 12.3. The third-order valence-electron chi connectivity index (χ3n) is 6.98. The summed E-state index contributed by atoms with van der Waals surface area (Å²) < 4.78 is 14.4. The summed E-state index contributed by atoms with van der Waals surface area (Å²) in [6.07, 6.45) is 10.1. The Kier molecular flexibility index (Phi) is 6.84. The molecule has 5 rings (SSSR count). The van der Waals surface area contributed by atoms with Crippen molar-refractivity contribution in [3.05, 3.63) is 77.6 Å². The fourth-order valence-electron chi connectivity index (χ4n) is 5.07. The van der Waals surface area contributed by atoms with Gasteiger partial charge in [0.2, 0.25) is 5.91 Å². The summed E-state index contributed by atoms with van der Waals surface area (Å²) in [7, 11) is 0. The smallest absolute Gasteiger partial charge is 0.222 e. The molecule has 2 aliphatic rings. The summed E-state index contributed by atoms with van der Waals surface area (Å²) in [5.41, 5.74) is 3.78. The molecule has 1 N–H and O–H groups in total. The van der Waals surface area contributed by atoms with Crippen LogP contribution in [0.3, 0.4) is 0 Å². The summed E-state index contributed by atoms with van der Waals surface area (Å²) in [6.45, 7) is 2.76. The van der Waals surface area contributed by atoms with Gasteiger partial charge in [-0.15, -0.1) is 0 Å². The number of rotatable bonds is 7. The highest BCUT2D eigenvalue weighted by molar-refractivity contribution is 5.76. The van der Waals surface area contributed by atoms with Crippen molar-refractivity contribution in [1.82, 2.24) is 15.1 Å². The van der Waals surface area contributed by atoms with E-state index in [1.54, 1.807) is 10.9 Å². The summed E-state index contributed by atoms with van der Waals surface area (Å²) in [5, 5.41) is 7.32. The molecule has 0 saturated heterocycles. The highest BCUT2D eigenvalue weighted by atomic mass is 16.5. The van der Waals surface area contributed by atoms with Gasteiger partial charge in [-0.2, -0.15) is 5.10 Å². The summed E-state index contributed by atoms with van der Waals surface area (Å²) in [6, 6.07) is 16.8. The van der Waals surface area contributed by atoms with Crippen molar-refractivity contribution in [3.63, 3.8) is 0 Å². The SMILES string of the molecule is Cc1ccccc1C1CCc2cc(OC3CCC(NC(=O)CCn4cccn4)CC3)ccc2O1. The first kappa shape index (κ1) is 22.5. The number of carbonyl (C=O) groups is 1. The monoisotopic (exact) mass is 459 g/mol. The summed E-state index contributed by atoms with van der Waals surface area (Å²) in [5.74, 6) is 1.98. The molecule has 1 amide bonds. The number of nitrogens with one attached hydrogen (secondary N) is 1. The van der Waals surface area contributed by atoms with Crippen molar-refractivity contribution in [2.75, 3.05) is 0 Å². The molecular weight excluding hydrogens is 426 g/mol. The van der Waals surface area contributed by atoms with Gasteiger partial charge >= 0.3 is 0 Å². The van der Waals surface area contributed by atoms with Crippen LogP contribution in [0.5, 0.6) is 11.5 Å². The van der Waals surface area contributed by atoms with E-state index in [1.807, 2.05) is 18.3 Å². The fourth-order valence-corrected chi connectivity index (χ4v) is 5.07. The maximum absolute atomic E-state index is 12.3. The van der Waals surface area contributed by atoms with Crippen LogP contribution in [-0.4, -0.2) is 27.8 Å². The third-order valence-corrected chi connectivity index (χ3v) is 6.98. The second-order valence-electron chi connectivity index (χ2n) is 9.45. The molecule has 1 atom stereocenters. The van der Waals surface area contributed by atoms with Crippen LogP contribution >= 0.6 is 0 Å². The number of amides is 1. The Morgan fingerprint density at radius 1 is 1.12 bits per heavy atom. The number of aromatic nitrogens is 2. The number of nitrogens with zero attached hydrogens (tertiary/aromatic N) is 2. The van der Waals surface area contributed by atoms with Crippen molar-refractivity contribution < 1.29 is 14.3 Å². The van der Waals surface area contributed by atoms with Crippen molar-refractivity contribution in [3.8, 4) is 11.5 Å². The van der Waals surface area contributed by atoms with Crippen molar-refractivity contribution in [1.29, 1.82) is 0 Å². The van der Waals surface area contributed by atoms with Crippen LogP contribution in [0.15, 0.2) is 60.9 Å². The number of aryl methyl sites for hydroxylation is 3. The largest absolute Gasteiger partial charge is 0.490 e. The lowest BCUT2D eigenvalue weighted by Crippen LogP contribution is -2.40. The molecule has 1 unspecified atom stereocenters. The minimum atomic E-state index is 0.0959. The maximum Gasteiger partial charge on any atom is 0.222 e. The predicted octanol–water partition coefficient (Wildman–Crippen LogP) is 5.15. The molecule has 2 aromatic carbocycles. The lowest BCUT2D eigenvalue weighted by molar-refractivity contribution is -0.122. The van der Waals surface area contributed by atoms with E-state index in [9.17, 15) is 4.79 Å². The molecule has 1 saturated carbocycles. The lowest BCUT2D eigenvalue weighted by Gasteiger charge is -2.31.